The molecule has 0 bridgehead atoms. The molecule has 0 aliphatic rings. The van der Waals surface area contributed by atoms with E-state index in [0.717, 1.165) is 23.2 Å². The van der Waals surface area contributed by atoms with Gasteiger partial charge in [0.25, 0.3) is 0 Å². The Hall–Kier alpha value is -2.92. The number of nitrogens with zero attached hydrogens (tertiary/aromatic N) is 1. The predicted octanol–water partition coefficient (Wildman–Crippen LogP) is 2.98. The number of anilines is 1. The number of aromatic amines is 1. The molecule has 1 heterocycles. The number of nitrogens with one attached hydrogen (secondary N) is 2. The van der Waals surface area contributed by atoms with Gasteiger partial charge in [0.1, 0.15) is 0 Å². The number of hydrogen-bond donors (Lipinski definition) is 3. The van der Waals surface area contributed by atoms with Crippen molar-refractivity contribution in [2.45, 2.75) is 18.9 Å². The van der Waals surface area contributed by atoms with Crippen molar-refractivity contribution in [3.05, 3.63) is 72.6 Å². The van der Waals surface area contributed by atoms with E-state index in [-0.39, 0.29) is 5.91 Å². The third-order valence-electron chi connectivity index (χ3n) is 3.91. The maximum absolute atomic E-state index is 12.2. The molecule has 2 aromatic carbocycles. The molecule has 1 atom stereocenters. The number of amides is 1. The SMILES string of the molecule is N[C@H](CCc1ccccc1)C(=O)Nc1ccc(-c2cn[nH]c2)cc1. The minimum Gasteiger partial charge on any atom is -0.325 e. The van der Waals surface area contributed by atoms with Crippen LogP contribution in [0.3, 0.4) is 0 Å². The van der Waals surface area contributed by atoms with Crippen molar-refractivity contribution in [3.63, 3.8) is 0 Å². The second kappa shape index (κ2) is 7.57. The minimum absolute atomic E-state index is 0.165. The smallest absolute Gasteiger partial charge is 0.241 e. The van der Waals surface area contributed by atoms with Crippen LogP contribution in [0.25, 0.3) is 11.1 Å². The Morgan fingerprint density at radius 1 is 1.08 bits per heavy atom. The number of H-pyrrole nitrogens is 1. The third-order valence-corrected chi connectivity index (χ3v) is 3.91. The van der Waals surface area contributed by atoms with E-state index in [4.69, 9.17) is 5.73 Å². The van der Waals surface area contributed by atoms with Gasteiger partial charge in [-0.3, -0.25) is 9.89 Å². The van der Waals surface area contributed by atoms with Crippen LogP contribution in [0, 0.1) is 0 Å². The van der Waals surface area contributed by atoms with Gasteiger partial charge < -0.3 is 11.1 Å². The molecule has 122 valence electrons. The van der Waals surface area contributed by atoms with Crippen molar-refractivity contribution in [2.75, 3.05) is 5.32 Å². The summed E-state index contributed by atoms with van der Waals surface area (Å²) in [6.45, 7) is 0. The molecule has 5 heteroatoms. The van der Waals surface area contributed by atoms with Gasteiger partial charge in [-0.15, -0.1) is 0 Å². The molecule has 3 rings (SSSR count). The standard InChI is InChI=1S/C19H20N4O/c20-18(11-6-14-4-2-1-3-5-14)19(24)23-17-9-7-15(8-10-17)16-12-21-22-13-16/h1-5,7-10,12-13,18H,6,11,20H2,(H,21,22)(H,23,24)/t18-/m1/s1. The van der Waals surface area contributed by atoms with E-state index < -0.39 is 6.04 Å². The molecule has 0 saturated carbocycles. The summed E-state index contributed by atoms with van der Waals surface area (Å²) in [6, 6.07) is 17.1. The van der Waals surface area contributed by atoms with Gasteiger partial charge in [-0.25, -0.2) is 0 Å². The molecule has 0 fully saturated rings. The van der Waals surface area contributed by atoms with Gasteiger partial charge in [0.05, 0.1) is 12.2 Å². The summed E-state index contributed by atoms with van der Waals surface area (Å²) in [7, 11) is 0. The van der Waals surface area contributed by atoms with Crippen LogP contribution >= 0.6 is 0 Å². The van der Waals surface area contributed by atoms with E-state index in [1.807, 2.05) is 60.8 Å². The lowest BCUT2D eigenvalue weighted by Crippen LogP contribution is -2.36. The minimum atomic E-state index is -0.529. The Bertz CT molecular complexity index is 767. The highest BCUT2D eigenvalue weighted by molar-refractivity contribution is 5.94. The Kier molecular flexibility index (Phi) is 5.03. The molecule has 5 nitrogen and oxygen atoms in total. The number of hydrogen-bond acceptors (Lipinski definition) is 3. The number of benzene rings is 2. The van der Waals surface area contributed by atoms with E-state index in [0.29, 0.717) is 6.42 Å². The van der Waals surface area contributed by atoms with Crippen molar-refractivity contribution in [3.8, 4) is 11.1 Å². The van der Waals surface area contributed by atoms with Crippen LogP contribution in [0.2, 0.25) is 0 Å². The zero-order chi connectivity index (χ0) is 16.8. The normalized spacial score (nSPS) is 11.9. The van der Waals surface area contributed by atoms with Crippen LogP contribution in [0.15, 0.2) is 67.0 Å². The fraction of sp³-hybridized carbons (Fsp3) is 0.158. The van der Waals surface area contributed by atoms with Crippen LogP contribution in [-0.4, -0.2) is 22.1 Å². The molecule has 0 radical (unpaired) electrons. The monoisotopic (exact) mass is 320 g/mol. The van der Waals surface area contributed by atoms with E-state index in [1.54, 1.807) is 6.20 Å². The second-order valence-corrected chi connectivity index (χ2v) is 5.68. The van der Waals surface area contributed by atoms with E-state index in [2.05, 4.69) is 15.5 Å². The molecule has 0 aliphatic carbocycles. The number of nitrogens with two attached hydrogens (primary N) is 1. The molecule has 1 aromatic heterocycles. The van der Waals surface area contributed by atoms with Crippen LogP contribution in [0.4, 0.5) is 5.69 Å². The zero-order valence-corrected chi connectivity index (χ0v) is 13.3. The van der Waals surface area contributed by atoms with Crippen molar-refractivity contribution in [1.82, 2.24) is 10.2 Å². The van der Waals surface area contributed by atoms with Gasteiger partial charge in [-0.05, 0) is 36.1 Å². The van der Waals surface area contributed by atoms with Crippen LogP contribution in [0.1, 0.15) is 12.0 Å². The number of rotatable bonds is 6. The Labute approximate surface area is 140 Å². The van der Waals surface area contributed by atoms with Crippen molar-refractivity contribution >= 4 is 11.6 Å². The highest BCUT2D eigenvalue weighted by atomic mass is 16.2. The number of carbonyl (C=O) groups excluding carboxylic acids is 1. The van der Waals surface area contributed by atoms with Crippen molar-refractivity contribution < 1.29 is 4.79 Å². The highest BCUT2D eigenvalue weighted by Crippen LogP contribution is 2.20. The van der Waals surface area contributed by atoms with Crippen LogP contribution in [-0.2, 0) is 11.2 Å². The summed E-state index contributed by atoms with van der Waals surface area (Å²) < 4.78 is 0. The predicted molar refractivity (Wildman–Crippen MR) is 95.4 cm³/mol. The molecule has 1 amide bonds. The van der Waals surface area contributed by atoms with Gasteiger partial charge in [0, 0.05) is 17.4 Å². The van der Waals surface area contributed by atoms with Crippen molar-refractivity contribution in [1.29, 1.82) is 0 Å². The van der Waals surface area contributed by atoms with Crippen molar-refractivity contribution in [2.24, 2.45) is 5.73 Å². The topological polar surface area (TPSA) is 83.8 Å². The van der Waals surface area contributed by atoms with Crippen LogP contribution in [0.5, 0.6) is 0 Å². The van der Waals surface area contributed by atoms with Gasteiger partial charge in [0.2, 0.25) is 5.91 Å². The van der Waals surface area contributed by atoms with E-state index >= 15 is 0 Å². The molecule has 24 heavy (non-hydrogen) atoms. The summed E-state index contributed by atoms with van der Waals surface area (Å²) in [5, 5.41) is 9.57. The summed E-state index contributed by atoms with van der Waals surface area (Å²) in [4.78, 5) is 12.2. The summed E-state index contributed by atoms with van der Waals surface area (Å²) in [6.07, 6.45) is 4.98. The first-order valence-corrected chi connectivity index (χ1v) is 7.92. The quantitative estimate of drug-likeness (QED) is 0.653. The van der Waals surface area contributed by atoms with Gasteiger partial charge in [-0.2, -0.15) is 5.10 Å². The van der Waals surface area contributed by atoms with Gasteiger partial charge in [-0.1, -0.05) is 42.5 Å². The zero-order valence-electron chi connectivity index (χ0n) is 13.3. The summed E-state index contributed by atoms with van der Waals surface area (Å²) >= 11 is 0. The third kappa shape index (κ3) is 4.08. The molecule has 0 spiro atoms. The van der Waals surface area contributed by atoms with E-state index in [9.17, 15) is 4.79 Å². The van der Waals surface area contributed by atoms with Gasteiger partial charge in [0.15, 0.2) is 0 Å². The molecule has 0 unspecified atom stereocenters. The molecular weight excluding hydrogens is 300 g/mol. The maximum atomic E-state index is 12.2. The van der Waals surface area contributed by atoms with E-state index in [1.165, 1.54) is 5.56 Å². The molecule has 0 saturated heterocycles. The number of carbonyl (C=O) groups is 1. The Morgan fingerprint density at radius 3 is 2.50 bits per heavy atom. The molecule has 4 N–H and O–H groups in total. The number of aryl methyl sites for hydroxylation is 1. The summed E-state index contributed by atoms with van der Waals surface area (Å²) in [5.74, 6) is -0.165. The first-order valence-electron chi connectivity index (χ1n) is 7.92. The van der Waals surface area contributed by atoms with Crippen LogP contribution < -0.4 is 11.1 Å². The largest absolute Gasteiger partial charge is 0.325 e. The highest BCUT2D eigenvalue weighted by Gasteiger charge is 2.13. The first-order chi connectivity index (χ1) is 11.7. The fourth-order valence-electron chi connectivity index (χ4n) is 2.49. The Balaban J connectivity index is 1.54. The molecular formula is C19H20N4O. The maximum Gasteiger partial charge on any atom is 0.241 e. The average molecular weight is 320 g/mol. The molecule has 3 aromatic rings. The number of aromatic nitrogens is 2. The fourth-order valence-corrected chi connectivity index (χ4v) is 2.49. The lowest BCUT2D eigenvalue weighted by molar-refractivity contribution is -0.117. The molecule has 0 aliphatic heterocycles. The second-order valence-electron chi connectivity index (χ2n) is 5.68. The average Bonchev–Trinajstić information content (AvgIpc) is 3.16. The van der Waals surface area contributed by atoms with Gasteiger partial charge >= 0.3 is 0 Å². The lowest BCUT2D eigenvalue weighted by Gasteiger charge is -2.12. The Morgan fingerprint density at radius 2 is 1.83 bits per heavy atom. The summed E-state index contributed by atoms with van der Waals surface area (Å²) in [5.41, 5.74) is 9.96. The lowest BCUT2D eigenvalue weighted by atomic mass is 10.1. The first kappa shape index (κ1) is 16.0.